The maximum Gasteiger partial charge on any atom is 0.163 e. The predicted molar refractivity (Wildman–Crippen MR) is 200 cm³/mol. The van der Waals surface area contributed by atoms with Gasteiger partial charge in [-0.3, -0.25) is 0 Å². The summed E-state index contributed by atoms with van der Waals surface area (Å²) in [6.45, 7) is 4.75. The molecule has 0 amide bonds. The number of aryl methyl sites for hydroxylation is 1. The maximum atomic E-state index is 5.11. The molecule has 1 aromatic heterocycles. The van der Waals surface area contributed by atoms with Crippen LogP contribution in [0.15, 0.2) is 146 Å². The Morgan fingerprint density at radius 1 is 0.510 bits per heavy atom. The van der Waals surface area contributed by atoms with Gasteiger partial charge >= 0.3 is 0 Å². The summed E-state index contributed by atoms with van der Waals surface area (Å²) in [6.07, 6.45) is 2.75. The minimum absolute atomic E-state index is 0.0338. The molecule has 0 saturated heterocycles. The van der Waals surface area contributed by atoms with Gasteiger partial charge in [0.05, 0.1) is 0 Å². The summed E-state index contributed by atoms with van der Waals surface area (Å²) in [4.78, 5) is 15.2. The van der Waals surface area contributed by atoms with Crippen molar-refractivity contribution in [3.63, 3.8) is 0 Å². The number of hydrogen-bond acceptors (Lipinski definition) is 3. The summed E-state index contributed by atoms with van der Waals surface area (Å²) in [6, 6.07) is 52.4. The van der Waals surface area contributed by atoms with Gasteiger partial charge in [-0.25, -0.2) is 15.0 Å². The average molecular weight is 632 g/mol. The lowest BCUT2D eigenvalue weighted by Gasteiger charge is -2.23. The first-order valence-corrected chi connectivity index (χ1v) is 17.4. The fourth-order valence-electron chi connectivity index (χ4n) is 8.07. The second-order valence-corrected chi connectivity index (χ2v) is 14.0. The summed E-state index contributed by atoms with van der Waals surface area (Å²) in [5, 5.41) is 0. The third kappa shape index (κ3) is 5.18. The Balaban J connectivity index is 1.19. The summed E-state index contributed by atoms with van der Waals surface area (Å²) in [5.41, 5.74) is 15.5. The summed E-state index contributed by atoms with van der Waals surface area (Å²) in [7, 11) is 0. The van der Waals surface area contributed by atoms with Crippen molar-refractivity contribution in [2.75, 3.05) is 0 Å². The van der Waals surface area contributed by atoms with Crippen molar-refractivity contribution in [2.45, 2.75) is 44.4 Å². The van der Waals surface area contributed by atoms with Crippen LogP contribution in [0.2, 0.25) is 0 Å². The van der Waals surface area contributed by atoms with Crippen molar-refractivity contribution >= 4 is 0 Å². The molecule has 0 spiro atoms. The van der Waals surface area contributed by atoms with Gasteiger partial charge in [0.15, 0.2) is 11.6 Å². The van der Waals surface area contributed by atoms with Crippen LogP contribution in [0.25, 0.3) is 56.2 Å². The van der Waals surface area contributed by atoms with E-state index < -0.39 is 0 Å². The Morgan fingerprint density at radius 2 is 1.12 bits per heavy atom. The third-order valence-corrected chi connectivity index (χ3v) is 10.6. The number of aromatic nitrogens is 3. The summed E-state index contributed by atoms with van der Waals surface area (Å²) >= 11 is 0. The van der Waals surface area contributed by atoms with E-state index in [-0.39, 0.29) is 11.3 Å². The normalized spacial score (nSPS) is 15.4. The SMILES string of the molecule is CC1(C)c2ccccc2-c2cc3c(cc21)CCC(Cc1nc(-c2ccccc2)nc(-c2ccccc2)n1)c1ccc(-c2ccccc2)cc1-3. The molecule has 236 valence electrons. The van der Waals surface area contributed by atoms with Crippen molar-refractivity contribution in [3.8, 4) is 56.2 Å². The fourth-order valence-corrected chi connectivity index (χ4v) is 8.07. The van der Waals surface area contributed by atoms with E-state index in [0.717, 1.165) is 47.9 Å². The minimum atomic E-state index is -0.0338. The molecular weight excluding hydrogens is 595 g/mol. The highest BCUT2D eigenvalue weighted by molar-refractivity contribution is 5.88. The van der Waals surface area contributed by atoms with Gasteiger partial charge < -0.3 is 0 Å². The number of nitrogens with zero attached hydrogens (tertiary/aromatic N) is 3. The van der Waals surface area contributed by atoms with Crippen molar-refractivity contribution in [2.24, 2.45) is 0 Å². The van der Waals surface area contributed by atoms with Crippen molar-refractivity contribution < 1.29 is 0 Å². The smallest absolute Gasteiger partial charge is 0.163 e. The summed E-state index contributed by atoms with van der Waals surface area (Å²) in [5.74, 6) is 2.52. The van der Waals surface area contributed by atoms with Crippen LogP contribution in [0.4, 0.5) is 0 Å². The first-order valence-electron chi connectivity index (χ1n) is 17.4. The quantitative estimate of drug-likeness (QED) is 0.190. The van der Waals surface area contributed by atoms with E-state index in [0.29, 0.717) is 0 Å². The topological polar surface area (TPSA) is 38.7 Å². The number of rotatable bonds is 5. The van der Waals surface area contributed by atoms with Crippen LogP contribution in [0.5, 0.6) is 0 Å². The van der Waals surface area contributed by atoms with Gasteiger partial charge in [0.2, 0.25) is 0 Å². The van der Waals surface area contributed by atoms with Gasteiger partial charge in [0.25, 0.3) is 0 Å². The molecule has 3 nitrogen and oxygen atoms in total. The van der Waals surface area contributed by atoms with E-state index >= 15 is 0 Å². The molecule has 0 N–H and O–H groups in total. The Bertz CT molecular complexity index is 2270. The van der Waals surface area contributed by atoms with Crippen LogP contribution in [-0.4, -0.2) is 15.0 Å². The van der Waals surface area contributed by atoms with Crippen molar-refractivity contribution in [3.05, 3.63) is 174 Å². The standard InChI is InChI=1S/C46H37N3/c1-46(2)41-21-13-12-20-37(41)40-29-38-34(27-42(40)46)22-23-35(36-25-24-33(26-39(36)38)30-14-6-3-7-15-30)28-43-47-44(31-16-8-4-9-17-31)49-45(48-43)32-18-10-5-11-19-32/h3-21,24-27,29,35H,22-23,28H2,1-2H3. The van der Waals surface area contributed by atoms with Crippen LogP contribution in [0.1, 0.15) is 54.3 Å². The zero-order valence-electron chi connectivity index (χ0n) is 27.9. The van der Waals surface area contributed by atoms with Crippen LogP contribution in [0, 0.1) is 0 Å². The zero-order chi connectivity index (χ0) is 33.0. The predicted octanol–water partition coefficient (Wildman–Crippen LogP) is 11.1. The van der Waals surface area contributed by atoms with Gasteiger partial charge in [0, 0.05) is 23.0 Å². The van der Waals surface area contributed by atoms with Gasteiger partial charge in [-0.2, -0.15) is 0 Å². The lowest BCUT2D eigenvalue weighted by Crippen LogP contribution is -2.15. The van der Waals surface area contributed by atoms with Gasteiger partial charge in [-0.05, 0) is 86.5 Å². The molecule has 6 aromatic carbocycles. The minimum Gasteiger partial charge on any atom is -0.213 e. The van der Waals surface area contributed by atoms with E-state index in [1.165, 1.54) is 55.6 Å². The van der Waals surface area contributed by atoms with Gasteiger partial charge in [0.1, 0.15) is 5.82 Å². The monoisotopic (exact) mass is 631 g/mol. The highest BCUT2D eigenvalue weighted by atomic mass is 15.0. The molecular formula is C46H37N3. The lowest BCUT2D eigenvalue weighted by atomic mass is 9.81. The number of benzene rings is 6. The largest absolute Gasteiger partial charge is 0.213 e. The van der Waals surface area contributed by atoms with E-state index in [1.807, 2.05) is 36.4 Å². The highest BCUT2D eigenvalue weighted by Gasteiger charge is 2.37. The summed E-state index contributed by atoms with van der Waals surface area (Å²) < 4.78 is 0. The highest BCUT2D eigenvalue weighted by Crippen LogP contribution is 2.52. The molecule has 9 rings (SSSR count). The molecule has 0 bridgehead atoms. The molecule has 0 saturated carbocycles. The van der Waals surface area contributed by atoms with Crippen molar-refractivity contribution in [1.82, 2.24) is 15.0 Å². The van der Waals surface area contributed by atoms with Gasteiger partial charge in [-0.15, -0.1) is 0 Å². The molecule has 49 heavy (non-hydrogen) atoms. The molecule has 0 radical (unpaired) electrons. The first kappa shape index (κ1) is 29.5. The second-order valence-electron chi connectivity index (χ2n) is 14.0. The maximum absolute atomic E-state index is 5.11. The second kappa shape index (κ2) is 11.8. The van der Waals surface area contributed by atoms with E-state index in [2.05, 4.69) is 123 Å². The Kier molecular flexibility index (Phi) is 7.09. The molecule has 1 heterocycles. The lowest BCUT2D eigenvalue weighted by molar-refractivity contribution is 0.607. The third-order valence-electron chi connectivity index (χ3n) is 10.6. The Morgan fingerprint density at radius 3 is 1.80 bits per heavy atom. The van der Waals surface area contributed by atoms with Crippen molar-refractivity contribution in [1.29, 1.82) is 0 Å². The van der Waals surface area contributed by atoms with Crippen LogP contribution >= 0.6 is 0 Å². The van der Waals surface area contributed by atoms with E-state index in [1.54, 1.807) is 0 Å². The fraction of sp³-hybridized carbons (Fsp3) is 0.152. The molecule has 2 aliphatic carbocycles. The van der Waals surface area contributed by atoms with Crippen LogP contribution in [0.3, 0.4) is 0 Å². The number of fused-ring (bicyclic) bond motifs is 6. The molecule has 1 atom stereocenters. The molecule has 7 aromatic rings. The van der Waals surface area contributed by atoms with E-state index in [9.17, 15) is 0 Å². The van der Waals surface area contributed by atoms with E-state index in [4.69, 9.17) is 15.0 Å². The molecule has 2 aliphatic rings. The molecule has 0 aliphatic heterocycles. The average Bonchev–Trinajstić information content (AvgIpc) is 3.28. The van der Waals surface area contributed by atoms with Crippen LogP contribution in [-0.2, 0) is 18.3 Å². The Labute approximate surface area is 288 Å². The Hall–Kier alpha value is -5.67. The zero-order valence-corrected chi connectivity index (χ0v) is 27.9. The van der Waals surface area contributed by atoms with Crippen LogP contribution < -0.4 is 0 Å². The first-order chi connectivity index (χ1) is 24.0. The molecule has 0 fully saturated rings. The van der Waals surface area contributed by atoms with Gasteiger partial charge in [-0.1, -0.05) is 147 Å². The molecule has 3 heteroatoms. The molecule has 1 unspecified atom stereocenters. The number of hydrogen-bond donors (Lipinski definition) is 0.